The Labute approximate surface area is 117 Å². The third-order valence-corrected chi connectivity index (χ3v) is 4.07. The van der Waals surface area contributed by atoms with Gasteiger partial charge in [0.25, 0.3) is 0 Å². The molecule has 0 saturated carbocycles. The number of rotatable bonds is 2. The van der Waals surface area contributed by atoms with Crippen LogP contribution in [-0.2, 0) is 17.6 Å². The summed E-state index contributed by atoms with van der Waals surface area (Å²) >= 11 is 5.53. The summed E-state index contributed by atoms with van der Waals surface area (Å²) in [6.07, 6.45) is 2.86. The molecule has 3 rings (SSSR count). The zero-order valence-corrected chi connectivity index (χ0v) is 11.7. The van der Waals surface area contributed by atoms with E-state index in [0.717, 1.165) is 19.3 Å². The second kappa shape index (κ2) is 4.89. The summed E-state index contributed by atoms with van der Waals surface area (Å²) < 4.78 is 0. The van der Waals surface area contributed by atoms with Gasteiger partial charge in [-0.25, -0.2) is 0 Å². The van der Waals surface area contributed by atoms with Crippen LogP contribution in [0.2, 0.25) is 0 Å². The number of aromatic nitrogens is 1. The molecular weight excluding hydrogens is 260 g/mol. The normalized spacial score (nSPS) is 18.3. The molecule has 1 aliphatic rings. The standard InChI is InChI=1S/C15H17ClN2O/c1-9-2-5-13-12(6-9)11-4-3-10(7-14(11)18-13)17-15(19)8-16/h2,5-6,10,18H,3-4,7-8H2,1H3,(H,17,19). The number of amides is 1. The predicted octanol–water partition coefficient (Wildman–Crippen LogP) is 2.69. The van der Waals surface area contributed by atoms with Gasteiger partial charge in [0.15, 0.2) is 0 Å². The van der Waals surface area contributed by atoms with Crippen molar-refractivity contribution < 1.29 is 4.79 Å². The maximum Gasteiger partial charge on any atom is 0.235 e. The summed E-state index contributed by atoms with van der Waals surface area (Å²) in [5.41, 5.74) is 5.15. The topological polar surface area (TPSA) is 44.9 Å². The van der Waals surface area contributed by atoms with E-state index < -0.39 is 0 Å². The number of hydrogen-bond donors (Lipinski definition) is 2. The molecule has 0 spiro atoms. The number of halogens is 1. The molecule has 1 aliphatic carbocycles. The monoisotopic (exact) mass is 276 g/mol. The van der Waals surface area contributed by atoms with Crippen LogP contribution < -0.4 is 5.32 Å². The number of fused-ring (bicyclic) bond motifs is 3. The van der Waals surface area contributed by atoms with Crippen LogP contribution >= 0.6 is 11.6 Å². The van der Waals surface area contributed by atoms with E-state index in [1.54, 1.807) is 0 Å². The van der Waals surface area contributed by atoms with Gasteiger partial charge < -0.3 is 10.3 Å². The Bertz CT molecular complexity index is 632. The minimum atomic E-state index is -0.0814. The average Bonchev–Trinajstić information content (AvgIpc) is 2.75. The minimum absolute atomic E-state index is 0.0370. The summed E-state index contributed by atoms with van der Waals surface area (Å²) in [7, 11) is 0. The molecule has 3 nitrogen and oxygen atoms in total. The number of hydrogen-bond acceptors (Lipinski definition) is 1. The van der Waals surface area contributed by atoms with Crippen LogP contribution in [0.25, 0.3) is 10.9 Å². The number of carbonyl (C=O) groups is 1. The largest absolute Gasteiger partial charge is 0.358 e. The van der Waals surface area contributed by atoms with Gasteiger partial charge in [0.05, 0.1) is 0 Å². The highest BCUT2D eigenvalue weighted by Gasteiger charge is 2.23. The van der Waals surface area contributed by atoms with Gasteiger partial charge in [-0.15, -0.1) is 11.6 Å². The molecule has 2 N–H and O–H groups in total. The van der Waals surface area contributed by atoms with Gasteiger partial charge in [-0.3, -0.25) is 4.79 Å². The smallest absolute Gasteiger partial charge is 0.235 e. The van der Waals surface area contributed by atoms with Crippen molar-refractivity contribution in [3.63, 3.8) is 0 Å². The van der Waals surface area contributed by atoms with Gasteiger partial charge in [0.2, 0.25) is 5.91 Å². The minimum Gasteiger partial charge on any atom is -0.358 e. The molecule has 1 heterocycles. The van der Waals surface area contributed by atoms with Crippen molar-refractivity contribution in [1.29, 1.82) is 0 Å². The highest BCUT2D eigenvalue weighted by molar-refractivity contribution is 6.27. The first-order valence-electron chi connectivity index (χ1n) is 6.63. The molecule has 1 aromatic carbocycles. The number of nitrogens with one attached hydrogen (secondary N) is 2. The number of carbonyl (C=O) groups excluding carboxylic acids is 1. The molecule has 100 valence electrons. The maximum atomic E-state index is 11.4. The SMILES string of the molecule is Cc1ccc2[nH]c3c(c2c1)CCC(NC(=O)CCl)C3. The molecule has 0 aliphatic heterocycles. The van der Waals surface area contributed by atoms with Crippen molar-refractivity contribution in [3.8, 4) is 0 Å². The Morgan fingerprint density at radius 3 is 3.16 bits per heavy atom. The van der Waals surface area contributed by atoms with Gasteiger partial charge >= 0.3 is 0 Å². The van der Waals surface area contributed by atoms with E-state index in [0.29, 0.717) is 0 Å². The van der Waals surface area contributed by atoms with Gasteiger partial charge in [0, 0.05) is 29.1 Å². The lowest BCUT2D eigenvalue weighted by molar-refractivity contribution is -0.119. The van der Waals surface area contributed by atoms with Crippen LogP contribution in [0.4, 0.5) is 0 Å². The highest BCUT2D eigenvalue weighted by Crippen LogP contribution is 2.29. The van der Waals surface area contributed by atoms with Crippen molar-refractivity contribution in [1.82, 2.24) is 10.3 Å². The van der Waals surface area contributed by atoms with Crippen molar-refractivity contribution >= 4 is 28.4 Å². The lowest BCUT2D eigenvalue weighted by Gasteiger charge is -2.23. The Balaban J connectivity index is 1.89. The van der Waals surface area contributed by atoms with Crippen molar-refractivity contribution in [2.75, 3.05) is 5.88 Å². The summed E-state index contributed by atoms with van der Waals surface area (Å²) in [5, 5.41) is 4.30. The van der Waals surface area contributed by atoms with Crippen molar-refractivity contribution in [3.05, 3.63) is 35.0 Å². The van der Waals surface area contributed by atoms with E-state index in [4.69, 9.17) is 11.6 Å². The van der Waals surface area contributed by atoms with E-state index in [9.17, 15) is 4.79 Å². The quantitative estimate of drug-likeness (QED) is 0.814. The number of H-pyrrole nitrogens is 1. The molecule has 1 aromatic heterocycles. The van der Waals surface area contributed by atoms with Crippen LogP contribution in [0.5, 0.6) is 0 Å². The van der Waals surface area contributed by atoms with Crippen LogP contribution in [-0.4, -0.2) is 22.8 Å². The van der Waals surface area contributed by atoms with Crippen molar-refractivity contribution in [2.24, 2.45) is 0 Å². The Morgan fingerprint density at radius 1 is 1.53 bits per heavy atom. The average molecular weight is 277 g/mol. The molecule has 0 fully saturated rings. The second-order valence-corrected chi connectivity index (χ2v) is 5.54. The Kier molecular flexibility index (Phi) is 3.23. The molecule has 2 aromatic rings. The fourth-order valence-electron chi connectivity index (χ4n) is 2.93. The van der Waals surface area contributed by atoms with Crippen molar-refractivity contribution in [2.45, 2.75) is 32.2 Å². The van der Waals surface area contributed by atoms with Crippen LogP contribution in [0.15, 0.2) is 18.2 Å². The zero-order chi connectivity index (χ0) is 13.4. The third kappa shape index (κ3) is 2.35. The van der Waals surface area contributed by atoms with E-state index >= 15 is 0 Å². The molecule has 1 atom stereocenters. The fraction of sp³-hybridized carbons (Fsp3) is 0.400. The molecule has 0 saturated heterocycles. The Hall–Kier alpha value is -1.48. The Morgan fingerprint density at radius 2 is 2.37 bits per heavy atom. The molecule has 19 heavy (non-hydrogen) atoms. The number of alkyl halides is 1. The van der Waals surface area contributed by atoms with E-state index in [1.807, 2.05) is 0 Å². The first kappa shape index (κ1) is 12.5. The van der Waals surface area contributed by atoms with E-state index in [-0.39, 0.29) is 17.8 Å². The summed E-state index contributed by atoms with van der Waals surface area (Å²) in [6, 6.07) is 6.70. The number of aromatic amines is 1. The third-order valence-electron chi connectivity index (χ3n) is 3.83. The first-order chi connectivity index (χ1) is 9.17. The summed E-state index contributed by atoms with van der Waals surface area (Å²) in [5.74, 6) is -0.0445. The van der Waals surface area contributed by atoms with Crippen LogP contribution in [0.1, 0.15) is 23.2 Å². The lowest BCUT2D eigenvalue weighted by atomic mass is 9.91. The molecule has 0 radical (unpaired) electrons. The van der Waals surface area contributed by atoms with Gasteiger partial charge in [-0.2, -0.15) is 0 Å². The summed E-state index contributed by atoms with van der Waals surface area (Å²) in [4.78, 5) is 14.8. The second-order valence-electron chi connectivity index (χ2n) is 5.27. The molecule has 4 heteroatoms. The maximum absolute atomic E-state index is 11.4. The predicted molar refractivity (Wildman–Crippen MR) is 77.7 cm³/mol. The molecule has 0 bridgehead atoms. The van der Waals surface area contributed by atoms with E-state index in [2.05, 4.69) is 35.4 Å². The van der Waals surface area contributed by atoms with Gasteiger partial charge in [0.1, 0.15) is 5.88 Å². The fourth-order valence-corrected chi connectivity index (χ4v) is 3.01. The first-order valence-corrected chi connectivity index (χ1v) is 7.16. The summed E-state index contributed by atoms with van der Waals surface area (Å²) in [6.45, 7) is 2.12. The lowest BCUT2D eigenvalue weighted by Crippen LogP contribution is -2.39. The highest BCUT2D eigenvalue weighted by atomic mass is 35.5. The van der Waals surface area contributed by atoms with Gasteiger partial charge in [-0.1, -0.05) is 11.6 Å². The van der Waals surface area contributed by atoms with Crippen LogP contribution in [0, 0.1) is 6.92 Å². The number of benzene rings is 1. The van der Waals surface area contributed by atoms with E-state index in [1.165, 1.54) is 27.7 Å². The molecular formula is C15H17ClN2O. The zero-order valence-electron chi connectivity index (χ0n) is 10.9. The van der Waals surface area contributed by atoms with Crippen LogP contribution in [0.3, 0.4) is 0 Å². The van der Waals surface area contributed by atoms with Gasteiger partial charge in [-0.05, 0) is 37.5 Å². The molecule has 1 amide bonds. The molecule has 1 unspecified atom stereocenters. The number of aryl methyl sites for hydroxylation is 2.